The Morgan fingerprint density at radius 2 is 1.23 bits per heavy atom. The van der Waals surface area contributed by atoms with Gasteiger partial charge in [-0.2, -0.15) is 0 Å². The van der Waals surface area contributed by atoms with Crippen LogP contribution < -0.4 is 4.90 Å². The van der Waals surface area contributed by atoms with E-state index in [1.165, 1.54) is 44.9 Å². The maximum atomic E-state index is 2.70. The predicted molar refractivity (Wildman–Crippen MR) is 146 cm³/mol. The smallest absolute Gasteiger partial charge is 0.253 e. The van der Waals surface area contributed by atoms with Crippen LogP contribution in [0.25, 0.3) is 0 Å². The lowest BCUT2D eigenvalue weighted by molar-refractivity contribution is -0.535. The van der Waals surface area contributed by atoms with E-state index in [0.29, 0.717) is 6.04 Å². The molecule has 0 amide bonds. The molecule has 0 radical (unpaired) electrons. The highest BCUT2D eigenvalue weighted by Gasteiger charge is 2.54. The second-order valence-corrected chi connectivity index (χ2v) is 10.3. The van der Waals surface area contributed by atoms with E-state index in [0.717, 1.165) is 19.5 Å². The van der Waals surface area contributed by atoms with Gasteiger partial charge in [-0.15, -0.1) is 0 Å². The van der Waals surface area contributed by atoms with Crippen LogP contribution in [0.15, 0.2) is 103 Å². The summed E-state index contributed by atoms with van der Waals surface area (Å²) in [7, 11) is 0. The Kier molecular flexibility index (Phi) is 5.33. The minimum atomic E-state index is -0.0172. The predicted octanol–water partition coefficient (Wildman–Crippen LogP) is 6.65. The highest BCUT2D eigenvalue weighted by Crippen LogP contribution is 2.45. The third kappa shape index (κ3) is 3.60. The van der Waals surface area contributed by atoms with Crippen molar-refractivity contribution in [3.63, 3.8) is 0 Å². The molecule has 1 fully saturated rings. The molecule has 2 heterocycles. The summed E-state index contributed by atoms with van der Waals surface area (Å²) in [6.07, 6.45) is 1.11. The van der Waals surface area contributed by atoms with Gasteiger partial charge in [0, 0.05) is 6.42 Å². The summed E-state index contributed by atoms with van der Waals surface area (Å²) in [4.78, 5) is 2.60. The number of fused-ring (bicyclic) bond motifs is 1. The third-order valence-corrected chi connectivity index (χ3v) is 7.98. The number of amidine groups is 1. The summed E-state index contributed by atoms with van der Waals surface area (Å²) in [6, 6.07) is 38.4. The molecule has 2 nitrogen and oxygen atoms in total. The zero-order valence-corrected chi connectivity index (χ0v) is 20.9. The standard InChI is InChI=1S/C33H33N2/c1-24-19-25(2)31(26(3)20-24)34-22-30-21-33(28-15-9-5-10-16-28,29-17-11-6-12-18-29)23-35(30)32(34)27-13-7-4-8-14-27/h4-20,30H,21-23H2,1-3H3/q+1/t30-/m1/s1. The van der Waals surface area contributed by atoms with Gasteiger partial charge in [0.2, 0.25) is 0 Å². The lowest BCUT2D eigenvalue weighted by Gasteiger charge is -2.29. The lowest BCUT2D eigenvalue weighted by Crippen LogP contribution is -2.37. The van der Waals surface area contributed by atoms with Crippen LogP contribution in [0.4, 0.5) is 5.69 Å². The van der Waals surface area contributed by atoms with Gasteiger partial charge in [-0.1, -0.05) is 96.6 Å². The van der Waals surface area contributed by atoms with Crippen molar-refractivity contribution in [3.05, 3.63) is 137 Å². The average molecular weight is 458 g/mol. The van der Waals surface area contributed by atoms with E-state index in [-0.39, 0.29) is 5.41 Å². The molecular formula is C33H33N2+. The van der Waals surface area contributed by atoms with E-state index in [2.05, 4.69) is 133 Å². The number of anilines is 1. The first-order valence-electron chi connectivity index (χ1n) is 12.7. The van der Waals surface area contributed by atoms with Gasteiger partial charge in [0.05, 0.1) is 17.5 Å². The number of rotatable bonds is 4. The largest absolute Gasteiger partial charge is 0.284 e. The van der Waals surface area contributed by atoms with Gasteiger partial charge in [0.15, 0.2) is 0 Å². The molecule has 0 spiro atoms. The Hall–Kier alpha value is -3.65. The normalized spacial score (nSPS) is 18.7. The second kappa shape index (κ2) is 8.53. The van der Waals surface area contributed by atoms with E-state index < -0.39 is 0 Å². The van der Waals surface area contributed by atoms with Crippen molar-refractivity contribution in [1.82, 2.24) is 0 Å². The highest BCUT2D eigenvalue weighted by molar-refractivity contribution is 6.08. The first kappa shape index (κ1) is 21.9. The van der Waals surface area contributed by atoms with Crippen LogP contribution in [0.5, 0.6) is 0 Å². The van der Waals surface area contributed by atoms with E-state index in [4.69, 9.17) is 0 Å². The third-order valence-electron chi connectivity index (χ3n) is 7.98. The van der Waals surface area contributed by atoms with E-state index in [1.807, 2.05) is 0 Å². The molecule has 0 saturated carbocycles. The van der Waals surface area contributed by atoms with E-state index in [9.17, 15) is 0 Å². The molecule has 4 aromatic carbocycles. The summed E-state index contributed by atoms with van der Waals surface area (Å²) in [5.41, 5.74) is 9.53. The van der Waals surface area contributed by atoms with Gasteiger partial charge in [0.25, 0.3) is 5.84 Å². The molecule has 2 heteroatoms. The molecule has 35 heavy (non-hydrogen) atoms. The van der Waals surface area contributed by atoms with Crippen LogP contribution in [0.1, 0.15) is 39.8 Å². The molecule has 6 rings (SSSR count). The van der Waals surface area contributed by atoms with Crippen LogP contribution in [-0.2, 0) is 5.41 Å². The lowest BCUT2D eigenvalue weighted by atomic mass is 9.73. The quantitative estimate of drug-likeness (QED) is 0.311. The molecule has 0 aromatic heterocycles. The maximum Gasteiger partial charge on any atom is 0.284 e. The number of hydrogen-bond donors (Lipinski definition) is 0. The van der Waals surface area contributed by atoms with Crippen LogP contribution in [0.2, 0.25) is 0 Å². The molecule has 1 saturated heterocycles. The van der Waals surface area contributed by atoms with Crippen molar-refractivity contribution in [2.24, 2.45) is 0 Å². The highest BCUT2D eigenvalue weighted by atomic mass is 15.3. The molecule has 1 atom stereocenters. The van der Waals surface area contributed by atoms with Crippen LogP contribution in [-0.4, -0.2) is 29.5 Å². The minimum absolute atomic E-state index is 0.0172. The molecule has 174 valence electrons. The summed E-state index contributed by atoms with van der Waals surface area (Å²) in [5.74, 6) is 1.35. The maximum absolute atomic E-state index is 2.70. The molecule has 2 aliphatic heterocycles. The van der Waals surface area contributed by atoms with Crippen molar-refractivity contribution in [2.45, 2.75) is 38.6 Å². The molecule has 2 aliphatic rings. The summed E-state index contributed by atoms with van der Waals surface area (Å²) in [6.45, 7) is 8.72. The Balaban J connectivity index is 1.55. The molecule has 0 N–H and O–H groups in total. The summed E-state index contributed by atoms with van der Waals surface area (Å²) in [5, 5.41) is 0. The Morgan fingerprint density at radius 3 is 1.77 bits per heavy atom. The fourth-order valence-electron chi connectivity index (χ4n) is 6.66. The van der Waals surface area contributed by atoms with Crippen LogP contribution in [0, 0.1) is 20.8 Å². The van der Waals surface area contributed by atoms with Crippen molar-refractivity contribution in [3.8, 4) is 0 Å². The average Bonchev–Trinajstić information content (AvgIpc) is 3.41. The van der Waals surface area contributed by atoms with Crippen molar-refractivity contribution in [1.29, 1.82) is 0 Å². The zero-order chi connectivity index (χ0) is 24.0. The van der Waals surface area contributed by atoms with Crippen LogP contribution in [0.3, 0.4) is 0 Å². The van der Waals surface area contributed by atoms with Gasteiger partial charge in [0.1, 0.15) is 18.3 Å². The number of aryl methyl sites for hydroxylation is 3. The number of benzene rings is 4. The van der Waals surface area contributed by atoms with Gasteiger partial charge in [-0.05, 0) is 55.2 Å². The monoisotopic (exact) mass is 457 g/mol. The Bertz CT molecular complexity index is 1320. The summed E-state index contributed by atoms with van der Waals surface area (Å²) >= 11 is 0. The van der Waals surface area contributed by atoms with Crippen molar-refractivity contribution < 1.29 is 4.58 Å². The SMILES string of the molecule is Cc1cc(C)c(N2C[C@H]3CC(c4ccccc4)(c4ccccc4)C[N+]3=C2c2ccccc2)c(C)c1. The fourth-order valence-corrected chi connectivity index (χ4v) is 6.66. The van der Waals surface area contributed by atoms with E-state index >= 15 is 0 Å². The fraction of sp³-hybridized carbons (Fsp3) is 0.242. The zero-order valence-electron chi connectivity index (χ0n) is 20.9. The van der Waals surface area contributed by atoms with Gasteiger partial charge in [-0.3, -0.25) is 4.58 Å². The first-order valence-corrected chi connectivity index (χ1v) is 12.7. The summed E-state index contributed by atoms with van der Waals surface area (Å²) < 4.78 is 2.70. The van der Waals surface area contributed by atoms with Crippen LogP contribution >= 0.6 is 0 Å². The molecule has 4 aromatic rings. The number of nitrogens with zero attached hydrogens (tertiary/aromatic N) is 2. The topological polar surface area (TPSA) is 6.25 Å². The van der Waals surface area contributed by atoms with Gasteiger partial charge < -0.3 is 0 Å². The molecule has 0 aliphatic carbocycles. The Labute approximate surface area is 209 Å². The van der Waals surface area contributed by atoms with E-state index in [1.54, 1.807) is 0 Å². The molecular weight excluding hydrogens is 424 g/mol. The Morgan fingerprint density at radius 1 is 0.714 bits per heavy atom. The van der Waals surface area contributed by atoms with Gasteiger partial charge in [-0.25, -0.2) is 4.90 Å². The van der Waals surface area contributed by atoms with Crippen molar-refractivity contribution in [2.75, 3.05) is 18.0 Å². The molecule has 0 unspecified atom stereocenters. The van der Waals surface area contributed by atoms with Gasteiger partial charge >= 0.3 is 0 Å². The van der Waals surface area contributed by atoms with Crippen molar-refractivity contribution >= 4 is 11.5 Å². The minimum Gasteiger partial charge on any atom is -0.253 e. The first-order chi connectivity index (χ1) is 17.1. The molecule has 0 bridgehead atoms. The second-order valence-electron chi connectivity index (χ2n) is 10.3. The number of hydrogen-bond acceptors (Lipinski definition) is 1.